The van der Waals surface area contributed by atoms with E-state index in [2.05, 4.69) is 37.3 Å². The molecule has 0 atom stereocenters. The maximum absolute atomic E-state index is 15.5. The Balaban J connectivity index is 1.27. The summed E-state index contributed by atoms with van der Waals surface area (Å²) in [7, 11) is 0. The van der Waals surface area contributed by atoms with Gasteiger partial charge in [0.2, 0.25) is 0 Å². The first kappa shape index (κ1) is 35.1. The van der Waals surface area contributed by atoms with Gasteiger partial charge in [-0.2, -0.15) is 0 Å². The molecule has 262 valence electrons. The van der Waals surface area contributed by atoms with Crippen LogP contribution in [0.3, 0.4) is 0 Å². The van der Waals surface area contributed by atoms with E-state index in [1.54, 1.807) is 12.3 Å². The molecule has 0 saturated carbocycles. The number of halogens is 2. The van der Waals surface area contributed by atoms with Gasteiger partial charge in [0.1, 0.15) is 28.5 Å². The lowest BCUT2D eigenvalue weighted by Crippen LogP contribution is -2.52. The van der Waals surface area contributed by atoms with E-state index in [4.69, 9.17) is 10.5 Å². The molecule has 6 rings (SSSR count). The normalized spacial score (nSPS) is 13.4. The molecule has 51 heavy (non-hydrogen) atoms. The van der Waals surface area contributed by atoms with Gasteiger partial charge < -0.3 is 21.1 Å². The highest BCUT2D eigenvalue weighted by Crippen LogP contribution is 2.31. The molecule has 0 aliphatic carbocycles. The minimum absolute atomic E-state index is 0.0116. The number of carbonyl (C=O) groups is 1. The fourth-order valence-corrected chi connectivity index (χ4v) is 6.11. The Morgan fingerprint density at radius 1 is 1.10 bits per heavy atom. The summed E-state index contributed by atoms with van der Waals surface area (Å²) in [6.07, 6.45) is 2.56. The quantitative estimate of drug-likeness (QED) is 0.202. The summed E-state index contributed by atoms with van der Waals surface area (Å²) in [4.78, 5) is 51.3. The second kappa shape index (κ2) is 14.7. The molecule has 1 amide bonds. The number of pyridine rings is 1. The highest BCUT2D eigenvalue weighted by atomic mass is 32.1. The standard InChI is InChI=1S/C36H34F2N8O4S/c1-22-42-25(21-51-22)19-44-20-28(34(48)46(35(44)49)26-7-4-23(37)5-8-26)33(47)43-24-6-9-31(29(38)18-24)50-30-11-13-41-32(39)27(30)10-12-36(2,3)45-16-14-40-15-17-45/h4-9,11,13,18,20-21,40H,14-17,19H2,1-3H3,(H2,39,41)(H,43,47). The highest BCUT2D eigenvalue weighted by Gasteiger charge is 2.26. The first-order valence-corrected chi connectivity index (χ1v) is 16.8. The number of nitrogens with one attached hydrogen (secondary N) is 2. The largest absolute Gasteiger partial charge is 0.453 e. The summed E-state index contributed by atoms with van der Waals surface area (Å²) in [6, 6.07) is 9.97. The summed E-state index contributed by atoms with van der Waals surface area (Å²) in [6.45, 7) is 9.18. The molecule has 0 radical (unpaired) electrons. The monoisotopic (exact) mass is 712 g/mol. The zero-order valence-electron chi connectivity index (χ0n) is 28.0. The van der Waals surface area contributed by atoms with Crippen molar-refractivity contribution in [2.75, 3.05) is 37.2 Å². The number of benzene rings is 2. The number of aromatic nitrogens is 4. The maximum Gasteiger partial charge on any atom is 0.336 e. The molecule has 1 aliphatic heterocycles. The van der Waals surface area contributed by atoms with Crippen LogP contribution in [-0.4, -0.2) is 61.6 Å². The number of nitrogen functional groups attached to an aromatic ring is 1. The van der Waals surface area contributed by atoms with Crippen molar-refractivity contribution >= 4 is 28.7 Å². The van der Waals surface area contributed by atoms with Crippen LogP contribution in [0.4, 0.5) is 20.3 Å². The van der Waals surface area contributed by atoms with E-state index >= 15 is 4.39 Å². The molecular weight excluding hydrogens is 679 g/mol. The van der Waals surface area contributed by atoms with Crippen LogP contribution in [0.2, 0.25) is 0 Å². The number of hydrogen-bond donors (Lipinski definition) is 3. The van der Waals surface area contributed by atoms with Crippen molar-refractivity contribution in [1.29, 1.82) is 0 Å². The van der Waals surface area contributed by atoms with Crippen molar-refractivity contribution in [2.45, 2.75) is 32.9 Å². The molecule has 2 aromatic carbocycles. The molecular formula is C36H34F2N8O4S. The van der Waals surface area contributed by atoms with E-state index in [0.717, 1.165) is 64.7 Å². The predicted octanol–water partition coefficient (Wildman–Crippen LogP) is 4.15. The van der Waals surface area contributed by atoms with Crippen LogP contribution < -0.4 is 32.4 Å². The molecule has 0 spiro atoms. The van der Waals surface area contributed by atoms with Crippen LogP contribution in [0.1, 0.15) is 40.5 Å². The molecule has 15 heteroatoms. The van der Waals surface area contributed by atoms with Crippen LogP contribution >= 0.6 is 11.3 Å². The lowest BCUT2D eigenvalue weighted by atomic mass is 10.0. The van der Waals surface area contributed by atoms with Gasteiger partial charge in [-0.3, -0.25) is 19.1 Å². The fourth-order valence-electron chi connectivity index (χ4n) is 5.51. The predicted molar refractivity (Wildman–Crippen MR) is 191 cm³/mol. The summed E-state index contributed by atoms with van der Waals surface area (Å²) in [5.41, 5.74) is 4.50. The van der Waals surface area contributed by atoms with Crippen LogP contribution in [0, 0.1) is 30.4 Å². The minimum Gasteiger partial charge on any atom is -0.453 e. The highest BCUT2D eigenvalue weighted by molar-refractivity contribution is 7.09. The molecule has 4 N–H and O–H groups in total. The Morgan fingerprint density at radius 2 is 1.84 bits per heavy atom. The number of hydrogen-bond acceptors (Lipinski definition) is 10. The SMILES string of the molecule is Cc1nc(Cn2cc(C(=O)Nc3ccc(Oc4ccnc(N)c4C#CC(C)(C)N4CCNCC4)c(F)c3)c(=O)n(-c3ccc(F)cc3)c2=O)cs1. The third-order valence-electron chi connectivity index (χ3n) is 8.24. The molecule has 1 fully saturated rings. The molecule has 1 aliphatic rings. The molecule has 3 aromatic heterocycles. The molecule has 12 nitrogen and oxygen atoms in total. The molecule has 5 aromatic rings. The second-order valence-electron chi connectivity index (χ2n) is 12.2. The van der Waals surface area contributed by atoms with E-state index in [9.17, 15) is 18.8 Å². The van der Waals surface area contributed by atoms with Gasteiger partial charge >= 0.3 is 5.69 Å². The Labute approximate surface area is 295 Å². The number of nitrogens with zero attached hydrogens (tertiary/aromatic N) is 5. The zero-order valence-corrected chi connectivity index (χ0v) is 28.8. The number of rotatable bonds is 8. The van der Waals surface area contributed by atoms with Gasteiger partial charge in [-0.05, 0) is 57.2 Å². The fraction of sp³-hybridized carbons (Fsp3) is 0.250. The summed E-state index contributed by atoms with van der Waals surface area (Å²) in [5.74, 6) is 4.19. The molecule has 1 saturated heterocycles. The van der Waals surface area contributed by atoms with E-state index in [1.165, 1.54) is 47.9 Å². The third kappa shape index (κ3) is 7.88. The van der Waals surface area contributed by atoms with E-state index < -0.39 is 39.9 Å². The third-order valence-corrected chi connectivity index (χ3v) is 9.06. The minimum atomic E-state index is -0.945. The Kier molecular flexibility index (Phi) is 10.1. The van der Waals surface area contributed by atoms with Gasteiger partial charge in [0.05, 0.1) is 28.5 Å². The number of piperazine rings is 1. The number of carbonyl (C=O) groups excluding carboxylic acids is 1. The van der Waals surface area contributed by atoms with Crippen molar-refractivity contribution in [1.82, 2.24) is 29.3 Å². The number of nitrogens with two attached hydrogens (primary N) is 1. The average Bonchev–Trinajstić information content (AvgIpc) is 3.52. The van der Waals surface area contributed by atoms with Crippen LogP contribution in [-0.2, 0) is 6.54 Å². The summed E-state index contributed by atoms with van der Waals surface area (Å²) in [5, 5.41) is 8.37. The van der Waals surface area contributed by atoms with Crippen LogP contribution in [0.25, 0.3) is 5.69 Å². The Morgan fingerprint density at radius 3 is 2.53 bits per heavy atom. The first-order chi connectivity index (χ1) is 24.4. The van der Waals surface area contributed by atoms with Crippen molar-refractivity contribution in [3.8, 4) is 29.0 Å². The molecule has 0 bridgehead atoms. The van der Waals surface area contributed by atoms with E-state index in [1.807, 2.05) is 13.8 Å². The number of aryl methyl sites for hydroxylation is 1. The Hall–Kier alpha value is -5.69. The lowest BCUT2D eigenvalue weighted by molar-refractivity contribution is 0.102. The van der Waals surface area contributed by atoms with Crippen molar-refractivity contribution in [2.24, 2.45) is 0 Å². The van der Waals surface area contributed by atoms with Crippen molar-refractivity contribution in [3.63, 3.8) is 0 Å². The molecule has 0 unspecified atom stereocenters. The summed E-state index contributed by atoms with van der Waals surface area (Å²) >= 11 is 1.38. The van der Waals surface area contributed by atoms with Gasteiger partial charge in [0.25, 0.3) is 11.5 Å². The van der Waals surface area contributed by atoms with Crippen LogP contribution in [0.15, 0.2) is 75.9 Å². The van der Waals surface area contributed by atoms with Gasteiger partial charge in [0.15, 0.2) is 11.6 Å². The topological polar surface area (TPSA) is 149 Å². The van der Waals surface area contributed by atoms with E-state index in [0.29, 0.717) is 11.3 Å². The second-order valence-corrected chi connectivity index (χ2v) is 13.3. The van der Waals surface area contributed by atoms with Gasteiger partial charge in [-0.15, -0.1) is 11.3 Å². The Bertz CT molecular complexity index is 2280. The smallest absolute Gasteiger partial charge is 0.336 e. The van der Waals surface area contributed by atoms with Crippen molar-refractivity contribution < 1.29 is 18.3 Å². The van der Waals surface area contributed by atoms with Gasteiger partial charge in [0, 0.05) is 61.8 Å². The number of anilines is 2. The number of amides is 1. The number of ether oxygens (including phenoxy) is 1. The summed E-state index contributed by atoms with van der Waals surface area (Å²) < 4.78 is 37.0. The van der Waals surface area contributed by atoms with Gasteiger partial charge in [-0.25, -0.2) is 28.1 Å². The average molecular weight is 713 g/mol. The first-order valence-electron chi connectivity index (χ1n) is 16.0. The van der Waals surface area contributed by atoms with E-state index in [-0.39, 0.29) is 35.2 Å². The lowest BCUT2D eigenvalue weighted by Gasteiger charge is -2.37. The van der Waals surface area contributed by atoms with Crippen molar-refractivity contribution in [3.05, 3.63) is 121 Å². The maximum atomic E-state index is 15.5. The number of thiazole rings is 1. The van der Waals surface area contributed by atoms with Crippen LogP contribution in [0.5, 0.6) is 11.5 Å². The zero-order chi connectivity index (χ0) is 36.3. The molecule has 4 heterocycles. The van der Waals surface area contributed by atoms with Gasteiger partial charge in [-0.1, -0.05) is 11.8 Å².